The molecule has 1 N–H and O–H groups in total. The monoisotopic (exact) mass is 271 g/mol. The molecule has 0 saturated carbocycles. The minimum atomic E-state index is 0.694. The summed E-state index contributed by atoms with van der Waals surface area (Å²) in [5.74, 6) is 0.694. The Bertz CT molecular complexity index is 538. The lowest BCUT2D eigenvalue weighted by molar-refractivity contribution is 0.647. The third-order valence-corrected chi connectivity index (χ3v) is 3.34. The molecular weight excluding hydrogens is 246 g/mol. The highest BCUT2D eigenvalue weighted by Crippen LogP contribution is 2.23. The number of hydrogen-bond acceptors (Lipinski definition) is 2. The molecule has 108 valence electrons. The first kappa shape index (κ1) is 14.8. The molecule has 0 radical (unpaired) electrons. The molecule has 0 bridgehead atoms. The summed E-state index contributed by atoms with van der Waals surface area (Å²) in [4.78, 5) is 0. The van der Waals surface area contributed by atoms with E-state index in [0.717, 1.165) is 25.2 Å². The molecule has 2 rings (SSSR count). The molecule has 1 aromatic carbocycles. The van der Waals surface area contributed by atoms with Crippen molar-refractivity contribution in [3.8, 4) is 11.3 Å². The van der Waals surface area contributed by atoms with E-state index in [-0.39, 0.29) is 0 Å². The third kappa shape index (κ3) is 3.70. The van der Waals surface area contributed by atoms with Crippen LogP contribution in [0.1, 0.15) is 31.9 Å². The van der Waals surface area contributed by atoms with E-state index in [1.807, 2.05) is 11.7 Å². The lowest BCUT2D eigenvalue weighted by atomic mass is 10.00. The van der Waals surface area contributed by atoms with Crippen molar-refractivity contribution in [2.24, 2.45) is 13.0 Å². The van der Waals surface area contributed by atoms with Gasteiger partial charge in [-0.05, 0) is 24.4 Å². The van der Waals surface area contributed by atoms with Gasteiger partial charge in [0, 0.05) is 30.9 Å². The van der Waals surface area contributed by atoms with Crippen molar-refractivity contribution in [1.82, 2.24) is 15.1 Å². The maximum Gasteiger partial charge on any atom is 0.0967 e. The Hall–Kier alpha value is -1.61. The fourth-order valence-electron chi connectivity index (χ4n) is 2.44. The first-order chi connectivity index (χ1) is 9.60. The van der Waals surface area contributed by atoms with Crippen molar-refractivity contribution in [3.63, 3.8) is 0 Å². The number of nitrogens with zero attached hydrogens (tertiary/aromatic N) is 2. The van der Waals surface area contributed by atoms with Crippen molar-refractivity contribution >= 4 is 0 Å². The lowest BCUT2D eigenvalue weighted by Crippen LogP contribution is -2.11. The SMILES string of the molecule is CCNCc1cn(C)nc1-c1ccc(CC(C)C)cc1. The fourth-order valence-corrected chi connectivity index (χ4v) is 2.44. The number of benzene rings is 1. The first-order valence-electron chi connectivity index (χ1n) is 7.42. The molecule has 0 aliphatic heterocycles. The number of aryl methyl sites for hydroxylation is 1. The van der Waals surface area contributed by atoms with Crippen LogP contribution < -0.4 is 5.32 Å². The Morgan fingerprint density at radius 3 is 2.50 bits per heavy atom. The van der Waals surface area contributed by atoms with Crippen molar-refractivity contribution in [3.05, 3.63) is 41.6 Å². The van der Waals surface area contributed by atoms with Crippen molar-refractivity contribution < 1.29 is 0 Å². The van der Waals surface area contributed by atoms with Gasteiger partial charge in [0.2, 0.25) is 0 Å². The van der Waals surface area contributed by atoms with Crippen LogP contribution in [0.3, 0.4) is 0 Å². The molecule has 3 nitrogen and oxygen atoms in total. The van der Waals surface area contributed by atoms with Gasteiger partial charge in [0.05, 0.1) is 5.69 Å². The Balaban J connectivity index is 2.22. The minimum absolute atomic E-state index is 0.694. The van der Waals surface area contributed by atoms with Crippen molar-refractivity contribution in [2.45, 2.75) is 33.7 Å². The van der Waals surface area contributed by atoms with Gasteiger partial charge >= 0.3 is 0 Å². The van der Waals surface area contributed by atoms with Gasteiger partial charge in [0.1, 0.15) is 0 Å². The maximum atomic E-state index is 4.60. The van der Waals surface area contributed by atoms with Gasteiger partial charge in [0.15, 0.2) is 0 Å². The van der Waals surface area contributed by atoms with Crippen LogP contribution in [0.15, 0.2) is 30.5 Å². The molecule has 0 fully saturated rings. The Morgan fingerprint density at radius 1 is 1.20 bits per heavy atom. The predicted molar refractivity (Wildman–Crippen MR) is 84.6 cm³/mol. The highest BCUT2D eigenvalue weighted by atomic mass is 15.3. The molecule has 0 saturated heterocycles. The van der Waals surface area contributed by atoms with Crippen LogP contribution in [0.25, 0.3) is 11.3 Å². The standard InChI is InChI=1S/C17H25N3/c1-5-18-11-16-12-20(4)19-17(16)15-8-6-14(7-9-15)10-13(2)3/h6-9,12-13,18H,5,10-11H2,1-4H3. The van der Waals surface area contributed by atoms with Crippen molar-refractivity contribution in [2.75, 3.05) is 6.54 Å². The van der Waals surface area contributed by atoms with E-state index in [2.05, 4.69) is 61.6 Å². The van der Waals surface area contributed by atoms with E-state index in [1.54, 1.807) is 0 Å². The summed E-state index contributed by atoms with van der Waals surface area (Å²) in [7, 11) is 1.98. The maximum absolute atomic E-state index is 4.60. The number of aromatic nitrogens is 2. The van der Waals surface area contributed by atoms with Gasteiger partial charge < -0.3 is 5.32 Å². The topological polar surface area (TPSA) is 29.9 Å². The van der Waals surface area contributed by atoms with Gasteiger partial charge in [0.25, 0.3) is 0 Å². The summed E-state index contributed by atoms with van der Waals surface area (Å²) in [6.07, 6.45) is 3.23. The van der Waals surface area contributed by atoms with Crippen LogP contribution in [0.4, 0.5) is 0 Å². The summed E-state index contributed by atoms with van der Waals surface area (Å²) in [6.45, 7) is 8.47. The molecule has 0 aliphatic carbocycles. The number of rotatable bonds is 6. The molecule has 1 aromatic heterocycles. The molecule has 20 heavy (non-hydrogen) atoms. The summed E-state index contributed by atoms with van der Waals surface area (Å²) < 4.78 is 1.89. The zero-order valence-electron chi connectivity index (χ0n) is 13.0. The van der Waals surface area contributed by atoms with E-state index in [4.69, 9.17) is 0 Å². The van der Waals surface area contributed by atoms with E-state index in [9.17, 15) is 0 Å². The summed E-state index contributed by atoms with van der Waals surface area (Å²) in [5.41, 5.74) is 4.94. The second-order valence-corrected chi connectivity index (χ2v) is 5.75. The Labute approximate surface area is 122 Å². The normalized spacial score (nSPS) is 11.2. The minimum Gasteiger partial charge on any atom is -0.313 e. The Morgan fingerprint density at radius 2 is 1.90 bits per heavy atom. The van der Waals surface area contributed by atoms with E-state index >= 15 is 0 Å². The van der Waals surface area contributed by atoms with Gasteiger partial charge in [-0.2, -0.15) is 5.10 Å². The quantitative estimate of drug-likeness (QED) is 0.872. The van der Waals surface area contributed by atoms with Crippen LogP contribution in [0.5, 0.6) is 0 Å². The average Bonchev–Trinajstić information content (AvgIpc) is 2.78. The zero-order chi connectivity index (χ0) is 14.5. The van der Waals surface area contributed by atoms with Gasteiger partial charge in [-0.3, -0.25) is 4.68 Å². The lowest BCUT2D eigenvalue weighted by Gasteiger charge is -2.07. The number of hydrogen-bond donors (Lipinski definition) is 1. The molecule has 2 aromatic rings. The van der Waals surface area contributed by atoms with Crippen LogP contribution in [-0.4, -0.2) is 16.3 Å². The molecule has 3 heteroatoms. The zero-order valence-corrected chi connectivity index (χ0v) is 13.0. The summed E-state index contributed by atoms with van der Waals surface area (Å²) >= 11 is 0. The van der Waals surface area contributed by atoms with Crippen LogP contribution in [0.2, 0.25) is 0 Å². The highest BCUT2D eigenvalue weighted by Gasteiger charge is 2.09. The van der Waals surface area contributed by atoms with E-state index in [1.165, 1.54) is 16.7 Å². The fraction of sp³-hybridized carbons (Fsp3) is 0.471. The second-order valence-electron chi connectivity index (χ2n) is 5.75. The molecule has 0 atom stereocenters. The van der Waals surface area contributed by atoms with Crippen LogP contribution in [-0.2, 0) is 20.0 Å². The van der Waals surface area contributed by atoms with Gasteiger partial charge in [-0.25, -0.2) is 0 Å². The third-order valence-electron chi connectivity index (χ3n) is 3.34. The summed E-state index contributed by atoms with van der Waals surface area (Å²) in [5, 5.41) is 7.97. The van der Waals surface area contributed by atoms with Crippen molar-refractivity contribution in [1.29, 1.82) is 0 Å². The van der Waals surface area contributed by atoms with Crippen LogP contribution in [0, 0.1) is 5.92 Å². The van der Waals surface area contributed by atoms with Crippen LogP contribution >= 0.6 is 0 Å². The molecular formula is C17H25N3. The first-order valence-corrected chi connectivity index (χ1v) is 7.42. The molecule has 0 aliphatic rings. The van der Waals surface area contributed by atoms with E-state index in [0.29, 0.717) is 5.92 Å². The molecule has 0 spiro atoms. The Kier molecular flexibility index (Phi) is 4.96. The van der Waals surface area contributed by atoms with Gasteiger partial charge in [-0.1, -0.05) is 45.0 Å². The van der Waals surface area contributed by atoms with Gasteiger partial charge in [-0.15, -0.1) is 0 Å². The molecule has 1 heterocycles. The molecule has 0 unspecified atom stereocenters. The second kappa shape index (κ2) is 6.71. The molecule has 0 amide bonds. The smallest absolute Gasteiger partial charge is 0.0967 e. The summed E-state index contributed by atoms with van der Waals surface area (Å²) in [6, 6.07) is 8.83. The van der Waals surface area contributed by atoms with E-state index < -0.39 is 0 Å². The average molecular weight is 271 g/mol. The largest absolute Gasteiger partial charge is 0.313 e. The number of nitrogens with one attached hydrogen (secondary N) is 1. The predicted octanol–water partition coefficient (Wildman–Crippen LogP) is 3.40. The highest BCUT2D eigenvalue weighted by molar-refractivity contribution is 5.63.